The number of H-pyrrole nitrogens is 1. The van der Waals surface area contributed by atoms with Crippen LogP contribution < -0.4 is 0 Å². The molecule has 0 bridgehead atoms. The van der Waals surface area contributed by atoms with Crippen LogP contribution in [0.3, 0.4) is 0 Å². The van der Waals surface area contributed by atoms with Crippen molar-refractivity contribution in [1.82, 2.24) is 29.9 Å². The van der Waals surface area contributed by atoms with Gasteiger partial charge in [-0.2, -0.15) is 5.16 Å². The minimum atomic E-state index is -0.965. The van der Waals surface area contributed by atoms with Crippen molar-refractivity contribution in [2.75, 3.05) is 0 Å². The molecule has 10 nitrogen and oxygen atoms in total. The summed E-state index contributed by atoms with van der Waals surface area (Å²) in [6, 6.07) is 22.9. The Bertz CT molecular complexity index is 2310. The molecule has 5 heterocycles. The number of nitrogens with one attached hydrogen (secondary N) is 1. The average molecular weight is 826 g/mol. The van der Waals surface area contributed by atoms with Crippen molar-refractivity contribution in [3.05, 3.63) is 120 Å². The average Bonchev–Trinajstić information content (AvgIpc) is 3.59. The predicted octanol–water partition coefficient (Wildman–Crippen LogP) is 9.43. The van der Waals surface area contributed by atoms with Crippen LogP contribution in [0.1, 0.15) is 63.0 Å². The van der Waals surface area contributed by atoms with Gasteiger partial charge >= 0.3 is 25.4 Å². The van der Waals surface area contributed by atoms with E-state index in [-0.39, 0.29) is 35.9 Å². The molecular formula is C40H36N8O2RuS2. The maximum Gasteiger partial charge on any atom is 2.00 e. The van der Waals surface area contributed by atoms with Gasteiger partial charge in [0.05, 0.1) is 39.0 Å². The number of aromatic nitrogens is 6. The van der Waals surface area contributed by atoms with Gasteiger partial charge in [-0.3, -0.25) is 19.9 Å². The number of pyridine rings is 4. The number of carboxylic acids is 1. The molecule has 0 spiro atoms. The Kier molecular flexibility index (Phi) is 14.6. The van der Waals surface area contributed by atoms with Crippen LogP contribution in [0.4, 0.5) is 0 Å². The van der Waals surface area contributed by atoms with Crippen LogP contribution in [0.5, 0.6) is 0 Å². The minimum absolute atomic E-state index is 0. The molecule has 0 aliphatic heterocycles. The summed E-state index contributed by atoms with van der Waals surface area (Å²) < 4.78 is 0. The fraction of sp³-hybridized carbons (Fsp3) is 0.200. The molecule has 7 rings (SSSR count). The van der Waals surface area contributed by atoms with E-state index in [9.17, 15) is 9.90 Å². The number of thiocarbonyl (C=S) groups is 1. The summed E-state index contributed by atoms with van der Waals surface area (Å²) in [4.78, 5) is 37.3. The van der Waals surface area contributed by atoms with E-state index in [1.165, 1.54) is 21.7 Å². The van der Waals surface area contributed by atoms with Gasteiger partial charge in [-0.15, -0.1) is 0 Å². The molecule has 2 aromatic carbocycles. The molecule has 2 N–H and O–H groups in total. The Balaban J connectivity index is 0.000000251. The van der Waals surface area contributed by atoms with Crippen LogP contribution in [0.15, 0.2) is 97.6 Å². The van der Waals surface area contributed by atoms with Crippen molar-refractivity contribution in [3.63, 3.8) is 0 Å². The third kappa shape index (κ3) is 10.4. The van der Waals surface area contributed by atoms with Crippen molar-refractivity contribution in [3.8, 4) is 28.2 Å². The van der Waals surface area contributed by atoms with Crippen LogP contribution in [0, 0.1) is 10.7 Å². The van der Waals surface area contributed by atoms with Gasteiger partial charge in [0, 0.05) is 41.1 Å². The van der Waals surface area contributed by atoms with Gasteiger partial charge in [-0.05, 0) is 82.6 Å². The number of hydrogen-bond donors (Lipinski definition) is 2. The second kappa shape index (κ2) is 18.4. The third-order valence-corrected chi connectivity index (χ3v) is 7.97. The number of hydrogen-bond acceptors (Lipinski definition) is 9. The molecule has 0 radical (unpaired) electrons. The zero-order valence-corrected chi connectivity index (χ0v) is 33.3. The van der Waals surface area contributed by atoms with Crippen molar-refractivity contribution in [1.29, 1.82) is 5.26 Å². The summed E-state index contributed by atoms with van der Waals surface area (Å²) in [6.45, 7) is 13.3. The number of imidazole rings is 1. The summed E-state index contributed by atoms with van der Waals surface area (Å²) in [5, 5.41) is 28.0. The van der Waals surface area contributed by atoms with Crippen LogP contribution in [-0.2, 0) is 42.9 Å². The summed E-state index contributed by atoms with van der Waals surface area (Å²) in [5.74, 6) is -0.350. The van der Waals surface area contributed by atoms with Gasteiger partial charge in [0.15, 0.2) is 0 Å². The smallest absolute Gasteiger partial charge is 0.753 e. The number of fused-ring (bicyclic) bond motifs is 6. The number of carboxylic acid groups (broad SMARTS) is 1. The summed E-state index contributed by atoms with van der Waals surface area (Å²) in [6.07, 6.45) is 7.24. The van der Waals surface area contributed by atoms with Gasteiger partial charge in [0.25, 0.3) is 0 Å². The van der Waals surface area contributed by atoms with Crippen LogP contribution in [0.25, 0.3) is 61.0 Å². The Labute approximate surface area is 331 Å². The van der Waals surface area contributed by atoms with Crippen molar-refractivity contribution < 1.29 is 29.4 Å². The molecule has 0 aliphatic rings. The first kappa shape index (κ1) is 42.0. The molecule has 53 heavy (non-hydrogen) atoms. The number of aromatic carboxylic acids is 1. The maximum atomic E-state index is 11.3. The van der Waals surface area contributed by atoms with E-state index >= 15 is 0 Å². The number of benzene rings is 2. The first-order chi connectivity index (χ1) is 24.7. The number of aromatic amines is 1. The number of rotatable bonds is 3. The Morgan fingerprint density at radius 3 is 1.75 bits per heavy atom. The van der Waals surface area contributed by atoms with Gasteiger partial charge in [0.2, 0.25) is 0 Å². The van der Waals surface area contributed by atoms with Gasteiger partial charge in [-0.25, -0.2) is 15.0 Å². The standard InChI is InChI=1S/C20H12N4O2.C18H24N2.CHNS.CNS.Ru/c25-20(26)12-5-1-4-11(10-12)19-23-17-13-6-2-8-21-15(13)16-14(18(17)24-19)7-3-9-22-16;1-17(2,3)13-7-9-19-15(11-13)16-12-14(8-10-20-16)18(4,5)6;2*2-1-3;/h1-10H,(H,23,24)(H,25,26);7-12H,1-6H3;3H;;/q;;;-1;+2/p-1. The van der Waals surface area contributed by atoms with Crippen molar-refractivity contribution in [2.45, 2.75) is 52.4 Å². The van der Waals surface area contributed by atoms with Gasteiger partial charge in [0.1, 0.15) is 5.82 Å². The summed E-state index contributed by atoms with van der Waals surface area (Å²) >= 11 is 7.40. The quantitative estimate of drug-likeness (QED) is 0.0438. The molecule has 0 saturated carbocycles. The number of carbonyl (C=O) groups is 1. The van der Waals surface area contributed by atoms with Crippen molar-refractivity contribution in [2.24, 2.45) is 0 Å². The molecule has 0 fully saturated rings. The van der Waals surface area contributed by atoms with E-state index in [1.54, 1.807) is 30.6 Å². The SMILES string of the molecule is CC(C)(C)c1ccnc(-c2cc(C(C)(C)C)ccn2)c1.N#C[S-].O=C(O)c1cccc(-c2nc3c4cccnc4c4ncccc4c3[nH]2)c1.[N-]=C=S.[Ru+2]. The van der Waals surface area contributed by atoms with E-state index < -0.39 is 5.97 Å². The number of nitriles is 1. The number of thiocyanates is 1. The molecule has 268 valence electrons. The molecule has 0 aliphatic carbocycles. The molecule has 5 aromatic heterocycles. The first-order valence-corrected chi connectivity index (χ1v) is 16.9. The largest absolute Gasteiger partial charge is 2.00 e. The second-order valence-corrected chi connectivity index (χ2v) is 13.9. The monoisotopic (exact) mass is 826 g/mol. The molecule has 0 unspecified atom stereocenters. The van der Waals surface area contributed by atoms with E-state index in [2.05, 4.69) is 116 Å². The summed E-state index contributed by atoms with van der Waals surface area (Å²) in [7, 11) is 0. The topological polar surface area (TPSA) is 164 Å². The van der Waals surface area contributed by atoms with Crippen LogP contribution >= 0.6 is 12.2 Å². The molecule has 13 heteroatoms. The van der Waals surface area contributed by atoms with Crippen molar-refractivity contribution >= 4 is 68.8 Å². The molecule has 0 saturated heterocycles. The van der Waals surface area contributed by atoms with Gasteiger partial charge < -0.3 is 28.1 Å². The number of isothiocyanates is 1. The van der Waals surface area contributed by atoms with E-state index in [4.69, 9.17) is 15.7 Å². The number of nitrogens with zero attached hydrogens (tertiary/aromatic N) is 7. The summed E-state index contributed by atoms with van der Waals surface area (Å²) in [5.41, 5.74) is 8.92. The van der Waals surface area contributed by atoms with Gasteiger partial charge in [-0.1, -0.05) is 71.3 Å². The van der Waals surface area contributed by atoms with Crippen LogP contribution in [0.2, 0.25) is 0 Å². The zero-order valence-electron chi connectivity index (χ0n) is 29.9. The van der Waals surface area contributed by atoms with E-state index in [0.717, 1.165) is 49.8 Å². The van der Waals surface area contributed by atoms with E-state index in [1.807, 2.05) is 42.7 Å². The third-order valence-electron chi connectivity index (χ3n) is 7.97. The Hall–Kier alpha value is -5.37. The van der Waals surface area contributed by atoms with Crippen LogP contribution in [-0.4, -0.2) is 46.1 Å². The first-order valence-electron chi connectivity index (χ1n) is 16.0. The molecular weight excluding hydrogens is 790 g/mol. The second-order valence-electron chi connectivity index (χ2n) is 13.5. The van der Waals surface area contributed by atoms with E-state index in [0.29, 0.717) is 5.82 Å². The predicted molar refractivity (Wildman–Crippen MR) is 213 cm³/mol. The molecule has 0 atom stereocenters. The maximum absolute atomic E-state index is 11.3. The minimum Gasteiger partial charge on any atom is -0.753 e. The Morgan fingerprint density at radius 2 is 1.26 bits per heavy atom. The fourth-order valence-electron chi connectivity index (χ4n) is 5.35. The molecule has 7 aromatic rings. The normalized spacial score (nSPS) is 10.6. The Morgan fingerprint density at radius 1 is 0.774 bits per heavy atom. The zero-order chi connectivity index (χ0) is 38.1. The fourth-order valence-corrected chi connectivity index (χ4v) is 5.35. The molecule has 0 amide bonds.